The summed E-state index contributed by atoms with van der Waals surface area (Å²) in [4.78, 5) is 0. The Bertz CT molecular complexity index is 1390. The highest BCUT2D eigenvalue weighted by atomic mass is 14.1. The van der Waals surface area contributed by atoms with E-state index in [4.69, 9.17) is 0 Å². The maximum Gasteiger partial charge on any atom is -0.0178 e. The first-order valence-electron chi connectivity index (χ1n) is 15.9. The van der Waals surface area contributed by atoms with Crippen LogP contribution in [0.1, 0.15) is 110 Å². The van der Waals surface area contributed by atoms with Crippen LogP contribution < -0.4 is 0 Å². The SMILES string of the molecule is C.C=C(C)c1ccc(C)cc1.CC.CC(C)=C(C)c1ccccc1.CC/C=C(/CCC)c1cccc(-c2ccc(C)cc2)c1. The molecule has 0 N–H and O–H groups in total. The Hall–Kier alpha value is -3.90. The van der Waals surface area contributed by atoms with Gasteiger partial charge in [-0.3, -0.25) is 0 Å². The quantitative estimate of drug-likeness (QED) is 0.201. The average molecular weight is 589 g/mol. The zero-order chi connectivity index (χ0) is 32.2. The molecule has 0 aliphatic heterocycles. The molecule has 0 heteroatoms. The minimum Gasteiger partial charge on any atom is -0.0955 e. The van der Waals surface area contributed by atoms with Crippen molar-refractivity contribution in [2.75, 3.05) is 0 Å². The molecule has 0 aliphatic carbocycles. The topological polar surface area (TPSA) is 0 Å². The number of hydrogen-bond acceptors (Lipinski definition) is 0. The molecule has 0 saturated heterocycles. The van der Waals surface area contributed by atoms with Gasteiger partial charge in [-0.25, -0.2) is 0 Å². The first-order valence-corrected chi connectivity index (χ1v) is 15.9. The van der Waals surface area contributed by atoms with Gasteiger partial charge in [-0.1, -0.05) is 174 Å². The van der Waals surface area contributed by atoms with Crippen molar-refractivity contribution in [2.45, 2.75) is 95.9 Å². The van der Waals surface area contributed by atoms with Gasteiger partial charge in [0.1, 0.15) is 0 Å². The van der Waals surface area contributed by atoms with Gasteiger partial charge in [0.25, 0.3) is 0 Å². The summed E-state index contributed by atoms with van der Waals surface area (Å²) in [6, 6.07) is 36.5. The second-order valence-electron chi connectivity index (χ2n) is 11.0. The molecule has 0 fully saturated rings. The van der Waals surface area contributed by atoms with E-state index in [0.717, 1.165) is 18.4 Å². The highest BCUT2D eigenvalue weighted by Gasteiger charge is 2.03. The van der Waals surface area contributed by atoms with E-state index in [1.807, 2.05) is 26.8 Å². The van der Waals surface area contributed by atoms with Crippen LogP contribution in [0.2, 0.25) is 0 Å². The Morgan fingerprint density at radius 1 is 0.614 bits per heavy atom. The van der Waals surface area contributed by atoms with Crippen molar-refractivity contribution in [1.82, 2.24) is 0 Å². The van der Waals surface area contributed by atoms with Crippen molar-refractivity contribution in [2.24, 2.45) is 0 Å². The van der Waals surface area contributed by atoms with Crippen molar-refractivity contribution >= 4 is 16.7 Å². The van der Waals surface area contributed by atoms with Gasteiger partial charge in [0, 0.05) is 0 Å². The number of aryl methyl sites for hydroxylation is 2. The molecule has 236 valence electrons. The normalized spacial score (nSPS) is 9.91. The van der Waals surface area contributed by atoms with E-state index in [1.54, 1.807) is 0 Å². The van der Waals surface area contributed by atoms with Crippen LogP contribution in [0.15, 0.2) is 121 Å². The molecule has 4 rings (SSSR count). The van der Waals surface area contributed by atoms with Gasteiger partial charge in [-0.05, 0) is 99.4 Å². The van der Waals surface area contributed by atoms with Crippen LogP contribution in [0.5, 0.6) is 0 Å². The lowest BCUT2D eigenvalue weighted by molar-refractivity contribution is 0.967. The average Bonchev–Trinajstić information content (AvgIpc) is 3.03. The molecule has 4 aromatic rings. The molecular weight excluding hydrogens is 528 g/mol. The van der Waals surface area contributed by atoms with E-state index in [2.05, 4.69) is 158 Å². The maximum atomic E-state index is 3.86. The smallest absolute Gasteiger partial charge is 0.0178 e. The fourth-order valence-corrected chi connectivity index (χ4v) is 4.34. The van der Waals surface area contributed by atoms with Crippen LogP contribution in [0.25, 0.3) is 27.8 Å². The summed E-state index contributed by atoms with van der Waals surface area (Å²) in [7, 11) is 0. The summed E-state index contributed by atoms with van der Waals surface area (Å²) in [5.74, 6) is 0. The fourth-order valence-electron chi connectivity index (χ4n) is 4.34. The van der Waals surface area contributed by atoms with Gasteiger partial charge < -0.3 is 0 Å². The van der Waals surface area contributed by atoms with E-state index >= 15 is 0 Å². The monoisotopic (exact) mass is 588 g/mol. The van der Waals surface area contributed by atoms with Gasteiger partial charge in [0.2, 0.25) is 0 Å². The second-order valence-corrected chi connectivity index (χ2v) is 11.0. The zero-order valence-corrected chi connectivity index (χ0v) is 28.7. The molecule has 4 aromatic carbocycles. The minimum absolute atomic E-state index is 0. The Morgan fingerprint density at radius 3 is 1.61 bits per heavy atom. The van der Waals surface area contributed by atoms with E-state index in [9.17, 15) is 0 Å². The van der Waals surface area contributed by atoms with Gasteiger partial charge in [0.05, 0.1) is 0 Å². The van der Waals surface area contributed by atoms with Crippen molar-refractivity contribution in [1.29, 1.82) is 0 Å². The molecule has 0 unspecified atom stereocenters. The Kier molecular flexibility index (Phi) is 20.6. The summed E-state index contributed by atoms with van der Waals surface area (Å²) in [6.45, 7) is 25.0. The first kappa shape index (κ1) is 40.1. The summed E-state index contributed by atoms with van der Waals surface area (Å²) in [5, 5.41) is 0. The number of rotatable bonds is 7. The lowest BCUT2D eigenvalue weighted by atomic mass is 9.96. The molecule has 44 heavy (non-hydrogen) atoms. The molecule has 0 spiro atoms. The Morgan fingerprint density at radius 2 is 1.14 bits per heavy atom. The second kappa shape index (κ2) is 22.6. The molecule has 0 atom stereocenters. The lowest BCUT2D eigenvalue weighted by Gasteiger charge is -2.09. The molecule has 0 radical (unpaired) electrons. The molecular formula is C44H60. The first-order chi connectivity index (χ1) is 20.7. The molecule has 0 nitrogen and oxygen atoms in total. The van der Waals surface area contributed by atoms with Gasteiger partial charge in [-0.15, -0.1) is 0 Å². The third-order valence-electron chi connectivity index (χ3n) is 7.09. The highest BCUT2D eigenvalue weighted by Crippen LogP contribution is 2.27. The lowest BCUT2D eigenvalue weighted by Crippen LogP contribution is -1.87. The standard InChI is InChI=1S/C20H24.C11H14.C10H12.C2H6.CH4/c1-4-7-17(8-5-2)19-9-6-10-20(15-19)18-13-11-16(3)12-14-18;1-9(2)10(3)11-7-5-4-6-8-11;1-8(2)10-6-4-9(3)5-7-10;1-2;/h6-7,9-15H,4-5,8H2,1-3H3;4-8H,1-3H3;4-7H,1H2,2-3H3;1-2H3;1H4/b17-7-;;;;. The fraction of sp³-hybridized carbons (Fsp3) is 0.318. The summed E-state index contributed by atoms with van der Waals surface area (Å²) < 4.78 is 0. The predicted octanol–water partition coefficient (Wildman–Crippen LogP) is 14.4. The van der Waals surface area contributed by atoms with Crippen molar-refractivity contribution in [3.63, 3.8) is 0 Å². The largest absolute Gasteiger partial charge is 0.0955 e. The van der Waals surface area contributed by atoms with Gasteiger partial charge in [0.15, 0.2) is 0 Å². The van der Waals surface area contributed by atoms with Crippen LogP contribution in [-0.2, 0) is 0 Å². The third kappa shape index (κ3) is 14.5. The summed E-state index contributed by atoms with van der Waals surface area (Å²) >= 11 is 0. The molecule has 0 bridgehead atoms. The van der Waals surface area contributed by atoms with E-state index in [1.165, 1.54) is 62.1 Å². The highest BCUT2D eigenvalue weighted by molar-refractivity contribution is 5.73. The van der Waals surface area contributed by atoms with E-state index in [-0.39, 0.29) is 7.43 Å². The molecule has 0 heterocycles. The van der Waals surface area contributed by atoms with Gasteiger partial charge >= 0.3 is 0 Å². The van der Waals surface area contributed by atoms with Crippen LogP contribution >= 0.6 is 0 Å². The number of hydrogen-bond donors (Lipinski definition) is 0. The zero-order valence-electron chi connectivity index (χ0n) is 28.7. The van der Waals surface area contributed by atoms with Crippen molar-refractivity contribution in [3.05, 3.63) is 149 Å². The molecule has 0 aliphatic rings. The maximum absolute atomic E-state index is 3.86. The van der Waals surface area contributed by atoms with Crippen LogP contribution in [0.4, 0.5) is 0 Å². The van der Waals surface area contributed by atoms with Crippen molar-refractivity contribution < 1.29 is 0 Å². The number of allylic oxidation sites excluding steroid dienone is 5. The van der Waals surface area contributed by atoms with E-state index in [0.29, 0.717) is 0 Å². The van der Waals surface area contributed by atoms with Crippen molar-refractivity contribution in [3.8, 4) is 11.1 Å². The van der Waals surface area contributed by atoms with Crippen LogP contribution in [-0.4, -0.2) is 0 Å². The molecule has 0 amide bonds. The molecule has 0 aromatic heterocycles. The Labute approximate surface area is 272 Å². The van der Waals surface area contributed by atoms with Crippen LogP contribution in [0, 0.1) is 13.8 Å². The summed E-state index contributed by atoms with van der Waals surface area (Å²) in [6.07, 6.45) is 5.81. The van der Waals surface area contributed by atoms with Gasteiger partial charge in [-0.2, -0.15) is 0 Å². The number of benzene rings is 4. The molecule has 0 saturated carbocycles. The summed E-state index contributed by atoms with van der Waals surface area (Å²) in [5.41, 5.74) is 14.5. The third-order valence-corrected chi connectivity index (χ3v) is 7.09. The predicted molar refractivity (Wildman–Crippen MR) is 204 cm³/mol. The Balaban J connectivity index is 0.000000656. The van der Waals surface area contributed by atoms with E-state index < -0.39 is 0 Å². The van der Waals surface area contributed by atoms with Crippen LogP contribution in [0.3, 0.4) is 0 Å². The minimum atomic E-state index is 0.